The van der Waals surface area contributed by atoms with Gasteiger partial charge in [0.15, 0.2) is 5.96 Å². The number of nitrogens with zero attached hydrogens (tertiary/aromatic N) is 2. The average Bonchev–Trinajstić information content (AvgIpc) is 3.53. The molecule has 7 nitrogen and oxygen atoms in total. The summed E-state index contributed by atoms with van der Waals surface area (Å²) in [6.45, 7) is 7.11. The van der Waals surface area contributed by atoms with E-state index in [0.29, 0.717) is 13.2 Å². The van der Waals surface area contributed by atoms with Crippen molar-refractivity contribution < 1.29 is 13.9 Å². The van der Waals surface area contributed by atoms with Crippen molar-refractivity contribution in [2.75, 3.05) is 39.9 Å². The summed E-state index contributed by atoms with van der Waals surface area (Å²) in [5.41, 5.74) is 2.30. The maximum absolute atomic E-state index is 6.24. The second-order valence-electron chi connectivity index (χ2n) is 8.65. The third-order valence-electron chi connectivity index (χ3n) is 6.24. The Kier molecular flexibility index (Phi) is 8.07. The predicted molar refractivity (Wildman–Crippen MR) is 126 cm³/mol. The van der Waals surface area contributed by atoms with Gasteiger partial charge in [-0.2, -0.15) is 0 Å². The second-order valence-corrected chi connectivity index (χ2v) is 8.65. The van der Waals surface area contributed by atoms with Gasteiger partial charge in [-0.25, -0.2) is 0 Å². The van der Waals surface area contributed by atoms with Crippen molar-refractivity contribution in [1.29, 1.82) is 0 Å². The van der Waals surface area contributed by atoms with Gasteiger partial charge in [0.1, 0.15) is 17.6 Å². The van der Waals surface area contributed by atoms with E-state index >= 15 is 0 Å². The van der Waals surface area contributed by atoms with Crippen LogP contribution in [0.25, 0.3) is 0 Å². The molecule has 2 unspecified atom stereocenters. The van der Waals surface area contributed by atoms with Crippen LogP contribution >= 0.6 is 0 Å². The fraction of sp³-hybridized carbons (Fsp3) is 0.560. The van der Waals surface area contributed by atoms with Crippen LogP contribution in [-0.2, 0) is 11.3 Å². The first-order valence-corrected chi connectivity index (χ1v) is 11.8. The zero-order valence-electron chi connectivity index (χ0n) is 19.3. The van der Waals surface area contributed by atoms with Crippen molar-refractivity contribution in [3.05, 3.63) is 53.5 Å². The lowest BCUT2D eigenvalue weighted by Crippen LogP contribution is -2.44. The highest BCUT2D eigenvalue weighted by molar-refractivity contribution is 5.79. The van der Waals surface area contributed by atoms with Crippen LogP contribution in [0.2, 0.25) is 0 Å². The zero-order valence-corrected chi connectivity index (χ0v) is 19.3. The van der Waals surface area contributed by atoms with E-state index in [1.807, 2.05) is 6.07 Å². The molecule has 32 heavy (non-hydrogen) atoms. The molecule has 1 aromatic heterocycles. The Balaban J connectivity index is 1.36. The molecular formula is C25H36N4O3. The van der Waals surface area contributed by atoms with Gasteiger partial charge in [0.2, 0.25) is 0 Å². The highest BCUT2D eigenvalue weighted by Crippen LogP contribution is 2.25. The summed E-state index contributed by atoms with van der Waals surface area (Å²) < 4.78 is 17.5. The van der Waals surface area contributed by atoms with Gasteiger partial charge in [0.25, 0.3) is 0 Å². The Bertz CT molecular complexity index is 856. The molecule has 0 aliphatic carbocycles. The quantitative estimate of drug-likeness (QED) is 0.482. The number of benzene rings is 1. The largest absolute Gasteiger partial charge is 0.488 e. The summed E-state index contributed by atoms with van der Waals surface area (Å²) in [4.78, 5) is 6.95. The Morgan fingerprint density at radius 2 is 2.09 bits per heavy atom. The number of piperidine rings is 1. The van der Waals surface area contributed by atoms with E-state index in [1.54, 1.807) is 13.3 Å². The number of hydrogen-bond donors (Lipinski definition) is 2. The fourth-order valence-electron chi connectivity index (χ4n) is 4.42. The Morgan fingerprint density at radius 1 is 1.22 bits per heavy atom. The van der Waals surface area contributed by atoms with Crippen LogP contribution in [0.15, 0.2) is 46.0 Å². The SMILES string of the molecule is CN=C(NCc1ccc(C)cc1OC1CCOC1)NCC(c1ccco1)N1CCCCC1. The van der Waals surface area contributed by atoms with Gasteiger partial charge in [-0.3, -0.25) is 9.89 Å². The molecule has 174 valence electrons. The lowest BCUT2D eigenvalue weighted by Gasteiger charge is -2.33. The van der Waals surface area contributed by atoms with Gasteiger partial charge < -0.3 is 24.5 Å². The van der Waals surface area contributed by atoms with E-state index in [0.717, 1.165) is 55.7 Å². The van der Waals surface area contributed by atoms with Crippen LogP contribution in [0.3, 0.4) is 0 Å². The zero-order chi connectivity index (χ0) is 22.2. The Hall–Kier alpha value is -2.51. The number of aryl methyl sites for hydroxylation is 1. The topological polar surface area (TPSA) is 71.3 Å². The molecule has 4 rings (SSSR count). The van der Waals surface area contributed by atoms with Crippen LogP contribution in [-0.4, -0.2) is 56.9 Å². The summed E-state index contributed by atoms with van der Waals surface area (Å²) >= 11 is 0. The summed E-state index contributed by atoms with van der Waals surface area (Å²) in [5.74, 6) is 2.70. The summed E-state index contributed by atoms with van der Waals surface area (Å²) in [7, 11) is 1.81. The third kappa shape index (κ3) is 6.04. The molecule has 0 saturated carbocycles. The van der Waals surface area contributed by atoms with Crippen LogP contribution < -0.4 is 15.4 Å². The lowest BCUT2D eigenvalue weighted by molar-refractivity contribution is 0.140. The number of rotatable bonds is 8. The normalized spacial score (nSPS) is 20.8. The molecule has 2 aliphatic rings. The molecule has 0 spiro atoms. The third-order valence-corrected chi connectivity index (χ3v) is 6.24. The van der Waals surface area contributed by atoms with E-state index < -0.39 is 0 Å². The van der Waals surface area contributed by atoms with E-state index in [1.165, 1.54) is 24.8 Å². The van der Waals surface area contributed by atoms with Gasteiger partial charge >= 0.3 is 0 Å². The van der Waals surface area contributed by atoms with E-state index in [-0.39, 0.29) is 12.1 Å². The maximum atomic E-state index is 6.24. The molecule has 2 aliphatic heterocycles. The van der Waals surface area contributed by atoms with Crippen molar-refractivity contribution in [3.63, 3.8) is 0 Å². The van der Waals surface area contributed by atoms with Crippen molar-refractivity contribution in [3.8, 4) is 5.75 Å². The highest BCUT2D eigenvalue weighted by Gasteiger charge is 2.25. The fourth-order valence-corrected chi connectivity index (χ4v) is 4.42. The monoisotopic (exact) mass is 440 g/mol. The van der Waals surface area contributed by atoms with Crippen molar-refractivity contribution in [2.45, 2.75) is 51.3 Å². The molecule has 2 atom stereocenters. The molecule has 2 saturated heterocycles. The standard InChI is InChI=1S/C25H36N4O3/c1-19-8-9-20(24(15-19)32-21-10-14-30-18-21)16-27-25(26-2)28-17-22(23-7-6-13-31-23)29-11-4-3-5-12-29/h6-9,13,15,21-22H,3-5,10-12,14,16-18H2,1-2H3,(H2,26,27,28). The summed E-state index contributed by atoms with van der Waals surface area (Å²) in [5, 5.41) is 6.96. The molecule has 2 N–H and O–H groups in total. The van der Waals surface area contributed by atoms with Crippen molar-refractivity contribution in [1.82, 2.24) is 15.5 Å². The van der Waals surface area contributed by atoms with E-state index in [9.17, 15) is 0 Å². The van der Waals surface area contributed by atoms with Crippen LogP contribution in [0.5, 0.6) is 5.75 Å². The number of hydrogen-bond acceptors (Lipinski definition) is 5. The van der Waals surface area contributed by atoms with Crippen LogP contribution in [0, 0.1) is 6.92 Å². The number of furan rings is 1. The first kappa shape index (κ1) is 22.7. The van der Waals surface area contributed by atoms with Gasteiger partial charge in [-0.15, -0.1) is 0 Å². The van der Waals surface area contributed by atoms with Gasteiger partial charge in [-0.05, 0) is 56.6 Å². The molecule has 0 amide bonds. The highest BCUT2D eigenvalue weighted by atomic mass is 16.5. The number of nitrogens with one attached hydrogen (secondary N) is 2. The van der Waals surface area contributed by atoms with E-state index in [2.05, 4.69) is 51.7 Å². The molecule has 2 aromatic rings. The van der Waals surface area contributed by atoms with E-state index in [4.69, 9.17) is 13.9 Å². The molecule has 3 heterocycles. The molecule has 7 heteroatoms. The molecular weight excluding hydrogens is 404 g/mol. The summed E-state index contributed by atoms with van der Waals surface area (Å²) in [6.07, 6.45) is 6.62. The molecule has 1 aromatic carbocycles. The number of guanidine groups is 1. The number of likely N-dealkylation sites (tertiary alicyclic amines) is 1. The Labute approximate surface area is 191 Å². The average molecular weight is 441 g/mol. The lowest BCUT2D eigenvalue weighted by atomic mass is 10.1. The smallest absolute Gasteiger partial charge is 0.191 e. The van der Waals surface area contributed by atoms with Crippen LogP contribution in [0.1, 0.15) is 48.6 Å². The Morgan fingerprint density at radius 3 is 2.81 bits per heavy atom. The van der Waals surface area contributed by atoms with Crippen molar-refractivity contribution >= 4 is 5.96 Å². The minimum Gasteiger partial charge on any atom is -0.488 e. The summed E-state index contributed by atoms with van der Waals surface area (Å²) in [6, 6.07) is 10.6. The maximum Gasteiger partial charge on any atom is 0.191 e. The second kappa shape index (κ2) is 11.4. The minimum atomic E-state index is 0.131. The molecule has 2 fully saturated rings. The minimum absolute atomic E-state index is 0.131. The van der Waals surface area contributed by atoms with Crippen LogP contribution in [0.4, 0.5) is 0 Å². The first-order valence-electron chi connectivity index (χ1n) is 11.8. The van der Waals surface area contributed by atoms with Gasteiger partial charge in [0.05, 0.1) is 25.5 Å². The van der Waals surface area contributed by atoms with Crippen molar-refractivity contribution in [2.24, 2.45) is 4.99 Å². The predicted octanol–water partition coefficient (Wildman–Crippen LogP) is 3.65. The molecule has 0 radical (unpaired) electrons. The first-order chi connectivity index (χ1) is 15.7. The van der Waals surface area contributed by atoms with Gasteiger partial charge in [0, 0.05) is 32.1 Å². The number of ether oxygens (including phenoxy) is 2. The number of aliphatic imine (C=N–C) groups is 1. The van der Waals surface area contributed by atoms with Gasteiger partial charge in [-0.1, -0.05) is 18.6 Å². The molecule has 0 bridgehead atoms.